The second-order valence-electron chi connectivity index (χ2n) is 6.87. The minimum absolute atomic E-state index is 0.0845. The summed E-state index contributed by atoms with van der Waals surface area (Å²) in [4.78, 5) is 31.2. The minimum Gasteiger partial charge on any atom is -0.450 e. The smallest absolute Gasteiger partial charge is 0.322 e. The standard InChI is InChI=1S/C19H25NO4/c1-5-23-20-8-6-19(7-9-20)17(21)16(18(22)24-19)15-13(3)10-12(2)11-14(15)4/h10-11,16H,5-9H2,1-4H3. The third-order valence-electron chi connectivity index (χ3n) is 5.11. The Morgan fingerprint density at radius 2 is 1.75 bits per heavy atom. The Morgan fingerprint density at radius 1 is 1.17 bits per heavy atom. The summed E-state index contributed by atoms with van der Waals surface area (Å²) in [5.41, 5.74) is 2.93. The van der Waals surface area contributed by atoms with E-state index in [-0.39, 0.29) is 5.78 Å². The first-order valence-corrected chi connectivity index (χ1v) is 8.61. The number of hydrogen-bond donors (Lipinski definition) is 0. The van der Waals surface area contributed by atoms with Crippen molar-refractivity contribution >= 4 is 11.8 Å². The van der Waals surface area contributed by atoms with Crippen LogP contribution in [0.1, 0.15) is 47.9 Å². The molecule has 2 aliphatic rings. The number of carbonyl (C=O) groups is 2. The summed E-state index contributed by atoms with van der Waals surface area (Å²) in [6, 6.07) is 4.04. The van der Waals surface area contributed by atoms with Crippen molar-refractivity contribution in [3.63, 3.8) is 0 Å². The summed E-state index contributed by atoms with van der Waals surface area (Å²) >= 11 is 0. The van der Waals surface area contributed by atoms with Gasteiger partial charge in [-0.15, -0.1) is 0 Å². The summed E-state index contributed by atoms with van der Waals surface area (Å²) in [5.74, 6) is -1.28. The zero-order chi connectivity index (χ0) is 17.5. The highest BCUT2D eigenvalue weighted by molar-refractivity contribution is 6.14. The van der Waals surface area contributed by atoms with Crippen LogP contribution in [-0.4, -0.2) is 42.1 Å². The number of ketones is 1. The van der Waals surface area contributed by atoms with Gasteiger partial charge in [-0.3, -0.25) is 14.4 Å². The van der Waals surface area contributed by atoms with Gasteiger partial charge in [-0.2, -0.15) is 5.06 Å². The number of esters is 1. The first-order chi connectivity index (χ1) is 11.4. The molecule has 0 saturated carbocycles. The molecule has 1 aromatic rings. The van der Waals surface area contributed by atoms with Crippen molar-refractivity contribution < 1.29 is 19.2 Å². The monoisotopic (exact) mass is 331 g/mol. The number of hydrogen-bond acceptors (Lipinski definition) is 5. The van der Waals surface area contributed by atoms with Gasteiger partial charge in [-0.1, -0.05) is 17.7 Å². The van der Waals surface area contributed by atoms with Gasteiger partial charge in [0.2, 0.25) is 0 Å². The minimum atomic E-state index is -0.973. The van der Waals surface area contributed by atoms with Crippen molar-refractivity contribution in [2.24, 2.45) is 0 Å². The Kier molecular flexibility index (Phi) is 4.49. The van der Waals surface area contributed by atoms with Gasteiger partial charge >= 0.3 is 5.97 Å². The molecule has 5 nitrogen and oxygen atoms in total. The van der Waals surface area contributed by atoms with Crippen LogP contribution >= 0.6 is 0 Å². The molecular weight excluding hydrogens is 306 g/mol. The molecule has 5 heteroatoms. The average molecular weight is 331 g/mol. The first kappa shape index (κ1) is 17.1. The number of nitrogens with zero attached hydrogens (tertiary/aromatic N) is 1. The van der Waals surface area contributed by atoms with E-state index in [4.69, 9.17) is 9.57 Å². The maximum atomic E-state index is 13.1. The molecule has 0 aromatic heterocycles. The van der Waals surface area contributed by atoms with E-state index in [0.29, 0.717) is 32.5 Å². The lowest BCUT2D eigenvalue weighted by atomic mass is 9.79. The van der Waals surface area contributed by atoms with Gasteiger partial charge in [-0.05, 0) is 44.4 Å². The number of benzene rings is 1. The lowest BCUT2D eigenvalue weighted by Crippen LogP contribution is -2.48. The van der Waals surface area contributed by atoms with E-state index < -0.39 is 17.5 Å². The molecule has 130 valence electrons. The molecule has 0 bridgehead atoms. The number of Topliss-reactive ketones (excluding diaryl/α,β-unsaturated/α-hetero) is 1. The van der Waals surface area contributed by atoms with Crippen molar-refractivity contribution in [2.75, 3.05) is 19.7 Å². The van der Waals surface area contributed by atoms with Gasteiger partial charge in [0.1, 0.15) is 5.92 Å². The highest BCUT2D eigenvalue weighted by Gasteiger charge is 2.57. The highest BCUT2D eigenvalue weighted by Crippen LogP contribution is 2.42. The zero-order valence-electron chi connectivity index (χ0n) is 14.8. The third-order valence-corrected chi connectivity index (χ3v) is 5.11. The molecule has 2 heterocycles. The largest absolute Gasteiger partial charge is 0.450 e. The molecule has 2 fully saturated rings. The first-order valence-electron chi connectivity index (χ1n) is 8.61. The van der Waals surface area contributed by atoms with Gasteiger partial charge in [0.25, 0.3) is 0 Å². The molecule has 24 heavy (non-hydrogen) atoms. The Morgan fingerprint density at radius 3 is 2.29 bits per heavy atom. The average Bonchev–Trinajstić information content (AvgIpc) is 2.74. The predicted octanol–water partition coefficient (Wildman–Crippen LogP) is 2.61. The van der Waals surface area contributed by atoms with E-state index in [1.807, 2.05) is 44.9 Å². The summed E-state index contributed by atoms with van der Waals surface area (Å²) in [6.45, 7) is 9.67. The third kappa shape index (κ3) is 2.76. The Labute approximate surface area is 142 Å². The van der Waals surface area contributed by atoms with Crippen molar-refractivity contribution in [3.05, 3.63) is 34.4 Å². The maximum Gasteiger partial charge on any atom is 0.322 e. The van der Waals surface area contributed by atoms with Crippen molar-refractivity contribution in [1.29, 1.82) is 0 Å². The second-order valence-corrected chi connectivity index (χ2v) is 6.87. The molecule has 0 N–H and O–H groups in total. The quantitative estimate of drug-likeness (QED) is 0.629. The van der Waals surface area contributed by atoms with Gasteiger partial charge in [0.15, 0.2) is 11.4 Å². The van der Waals surface area contributed by atoms with Crippen molar-refractivity contribution in [1.82, 2.24) is 5.06 Å². The maximum absolute atomic E-state index is 13.1. The molecule has 0 amide bonds. The van der Waals surface area contributed by atoms with Gasteiger partial charge in [0.05, 0.1) is 6.61 Å². The molecule has 1 aromatic carbocycles. The number of carbonyl (C=O) groups excluding carboxylic acids is 2. The number of piperidine rings is 1. The fraction of sp³-hybridized carbons (Fsp3) is 0.579. The molecule has 2 saturated heterocycles. The van der Waals surface area contributed by atoms with Crippen LogP contribution in [0.15, 0.2) is 12.1 Å². The van der Waals surface area contributed by atoms with Crippen LogP contribution in [0.2, 0.25) is 0 Å². The number of hydroxylamine groups is 2. The molecule has 0 aliphatic carbocycles. The highest BCUT2D eigenvalue weighted by atomic mass is 16.7. The van der Waals surface area contributed by atoms with Crippen LogP contribution in [0.5, 0.6) is 0 Å². The number of aryl methyl sites for hydroxylation is 3. The van der Waals surface area contributed by atoms with Gasteiger partial charge < -0.3 is 4.74 Å². The lowest BCUT2D eigenvalue weighted by Gasteiger charge is -2.35. The van der Waals surface area contributed by atoms with E-state index in [1.165, 1.54) is 0 Å². The van der Waals surface area contributed by atoms with E-state index in [1.54, 1.807) is 0 Å². The van der Waals surface area contributed by atoms with Crippen molar-refractivity contribution in [3.8, 4) is 0 Å². The van der Waals surface area contributed by atoms with Crippen LogP contribution in [0.4, 0.5) is 0 Å². The van der Waals surface area contributed by atoms with E-state index in [9.17, 15) is 9.59 Å². The topological polar surface area (TPSA) is 55.8 Å². The fourth-order valence-electron chi connectivity index (χ4n) is 4.07. The van der Waals surface area contributed by atoms with E-state index in [0.717, 1.165) is 22.3 Å². The van der Waals surface area contributed by atoms with E-state index in [2.05, 4.69) is 0 Å². The molecule has 1 spiro atoms. The van der Waals surface area contributed by atoms with Crippen LogP contribution in [0, 0.1) is 20.8 Å². The van der Waals surface area contributed by atoms with Crippen LogP contribution < -0.4 is 0 Å². The molecular formula is C19H25NO4. The zero-order valence-corrected chi connectivity index (χ0v) is 14.8. The van der Waals surface area contributed by atoms with Crippen LogP contribution in [0.25, 0.3) is 0 Å². The molecule has 0 radical (unpaired) electrons. The van der Waals surface area contributed by atoms with Crippen LogP contribution in [-0.2, 0) is 19.2 Å². The molecule has 1 atom stereocenters. The SMILES string of the molecule is CCON1CCC2(CC1)OC(=O)C(c1c(C)cc(C)cc1C)C2=O. The van der Waals surface area contributed by atoms with Gasteiger partial charge in [-0.25, -0.2) is 0 Å². The summed E-state index contributed by atoms with van der Waals surface area (Å²) in [6.07, 6.45) is 0.996. The van der Waals surface area contributed by atoms with Crippen LogP contribution in [0.3, 0.4) is 0 Å². The Hall–Kier alpha value is -1.72. The fourth-order valence-corrected chi connectivity index (χ4v) is 4.07. The molecule has 2 aliphatic heterocycles. The summed E-state index contributed by atoms with van der Waals surface area (Å²) in [5, 5.41) is 1.85. The second kappa shape index (κ2) is 6.30. The Balaban J connectivity index is 1.88. The lowest BCUT2D eigenvalue weighted by molar-refractivity contribution is -0.195. The summed E-state index contributed by atoms with van der Waals surface area (Å²) in [7, 11) is 0. The molecule has 1 unspecified atom stereocenters. The normalized spacial score (nSPS) is 23.8. The number of ether oxygens (including phenoxy) is 1. The number of rotatable bonds is 3. The Bertz CT molecular complexity index is 651. The van der Waals surface area contributed by atoms with Crippen molar-refractivity contribution in [2.45, 2.75) is 52.1 Å². The van der Waals surface area contributed by atoms with E-state index >= 15 is 0 Å². The predicted molar refractivity (Wildman–Crippen MR) is 89.7 cm³/mol. The van der Waals surface area contributed by atoms with Gasteiger partial charge in [0, 0.05) is 25.9 Å². The molecule has 3 rings (SSSR count). The summed E-state index contributed by atoms with van der Waals surface area (Å²) < 4.78 is 5.67.